The van der Waals surface area contributed by atoms with Crippen molar-refractivity contribution in [2.24, 2.45) is 0 Å². The number of carbonyl (C=O) groups excluding carboxylic acids is 1. The van der Waals surface area contributed by atoms with Gasteiger partial charge in [0.25, 0.3) is 11.6 Å². The molecule has 1 heterocycles. The average Bonchev–Trinajstić information content (AvgIpc) is 2.30. The van der Waals surface area contributed by atoms with Crippen LogP contribution in [-0.4, -0.2) is 41.6 Å². The fraction of sp³-hybridized carbons (Fsp3) is 0.583. The van der Waals surface area contributed by atoms with E-state index < -0.39 is 0 Å². The maximum atomic E-state index is 11.8. The van der Waals surface area contributed by atoms with Gasteiger partial charge in [-0.05, 0) is 13.3 Å². The lowest BCUT2D eigenvalue weighted by Gasteiger charge is -2.12. The molecular formula is C12H19N3O3. The first-order valence-electron chi connectivity index (χ1n) is 5.78. The molecule has 18 heavy (non-hydrogen) atoms. The molecule has 0 bridgehead atoms. The molecule has 0 aliphatic rings. The van der Waals surface area contributed by atoms with E-state index in [0.29, 0.717) is 25.1 Å². The molecule has 0 aliphatic heterocycles. The van der Waals surface area contributed by atoms with Gasteiger partial charge in [0.2, 0.25) is 5.91 Å². The van der Waals surface area contributed by atoms with Crippen LogP contribution in [-0.2, 0) is 11.3 Å². The minimum Gasteiger partial charge on any atom is -0.468 e. The molecule has 0 saturated carbocycles. The Kier molecular flexibility index (Phi) is 4.88. The lowest BCUT2D eigenvalue weighted by Crippen LogP contribution is -2.25. The molecule has 0 radical (unpaired) electrons. The molecule has 0 N–H and O–H groups in total. The van der Waals surface area contributed by atoms with E-state index in [2.05, 4.69) is 4.98 Å². The first-order chi connectivity index (χ1) is 8.45. The van der Waals surface area contributed by atoms with E-state index in [1.807, 2.05) is 0 Å². The molecule has 0 unspecified atom stereocenters. The topological polar surface area (TPSA) is 64.4 Å². The van der Waals surface area contributed by atoms with Gasteiger partial charge in [-0.3, -0.25) is 14.2 Å². The van der Waals surface area contributed by atoms with Crippen molar-refractivity contribution in [3.05, 3.63) is 22.1 Å². The molecule has 100 valence electrons. The predicted molar refractivity (Wildman–Crippen MR) is 67.7 cm³/mol. The summed E-state index contributed by atoms with van der Waals surface area (Å²) in [6.45, 7) is 2.17. The maximum absolute atomic E-state index is 11.8. The Morgan fingerprint density at radius 3 is 2.72 bits per heavy atom. The van der Waals surface area contributed by atoms with Gasteiger partial charge in [0, 0.05) is 38.8 Å². The van der Waals surface area contributed by atoms with Gasteiger partial charge in [-0.1, -0.05) is 0 Å². The van der Waals surface area contributed by atoms with Crippen LogP contribution in [0.5, 0.6) is 6.01 Å². The number of aryl methyl sites for hydroxylation is 1. The highest BCUT2D eigenvalue weighted by molar-refractivity contribution is 5.75. The van der Waals surface area contributed by atoms with Crippen molar-refractivity contribution in [3.8, 4) is 6.01 Å². The normalized spacial score (nSPS) is 10.2. The van der Waals surface area contributed by atoms with Gasteiger partial charge in [0.15, 0.2) is 0 Å². The van der Waals surface area contributed by atoms with Crippen molar-refractivity contribution < 1.29 is 9.53 Å². The van der Waals surface area contributed by atoms with Gasteiger partial charge in [-0.15, -0.1) is 0 Å². The lowest BCUT2D eigenvalue weighted by molar-refractivity contribution is -0.128. The summed E-state index contributed by atoms with van der Waals surface area (Å²) in [4.78, 5) is 28.9. The molecule has 0 spiro atoms. The lowest BCUT2D eigenvalue weighted by atomic mass is 10.3. The van der Waals surface area contributed by atoms with E-state index in [0.717, 1.165) is 0 Å². The molecule has 0 saturated heterocycles. The smallest absolute Gasteiger partial charge is 0.299 e. The van der Waals surface area contributed by atoms with Crippen LogP contribution in [0.3, 0.4) is 0 Å². The molecular weight excluding hydrogens is 234 g/mol. The van der Waals surface area contributed by atoms with Crippen LogP contribution in [0.2, 0.25) is 0 Å². The third-order valence-corrected chi connectivity index (χ3v) is 2.56. The van der Waals surface area contributed by atoms with E-state index in [1.165, 1.54) is 22.6 Å². The molecule has 1 aromatic rings. The zero-order valence-corrected chi connectivity index (χ0v) is 11.3. The van der Waals surface area contributed by atoms with Gasteiger partial charge in [0.05, 0.1) is 7.11 Å². The highest BCUT2D eigenvalue weighted by Gasteiger charge is 2.09. The number of carbonyl (C=O) groups is 1. The van der Waals surface area contributed by atoms with E-state index in [-0.39, 0.29) is 17.5 Å². The Balaban J connectivity index is 2.73. The van der Waals surface area contributed by atoms with Gasteiger partial charge in [0.1, 0.15) is 0 Å². The molecule has 6 heteroatoms. The number of nitrogens with zero attached hydrogens (tertiary/aromatic N) is 3. The summed E-state index contributed by atoms with van der Waals surface area (Å²) in [5.74, 6) is 0.0436. The highest BCUT2D eigenvalue weighted by Crippen LogP contribution is 2.06. The summed E-state index contributed by atoms with van der Waals surface area (Å²) in [6.07, 6.45) is 0.981. The molecule has 6 nitrogen and oxygen atoms in total. The summed E-state index contributed by atoms with van der Waals surface area (Å²) in [7, 11) is 4.90. The number of aromatic nitrogens is 2. The minimum atomic E-state index is -0.156. The van der Waals surface area contributed by atoms with Gasteiger partial charge >= 0.3 is 0 Å². The number of ether oxygens (including phenoxy) is 1. The second-order valence-corrected chi connectivity index (χ2v) is 4.27. The number of hydrogen-bond donors (Lipinski definition) is 0. The van der Waals surface area contributed by atoms with E-state index >= 15 is 0 Å². The van der Waals surface area contributed by atoms with E-state index in [9.17, 15) is 9.59 Å². The molecule has 1 aromatic heterocycles. The summed E-state index contributed by atoms with van der Waals surface area (Å²) < 4.78 is 6.51. The molecule has 0 atom stereocenters. The van der Waals surface area contributed by atoms with Crippen molar-refractivity contribution in [1.29, 1.82) is 0 Å². The fourth-order valence-electron chi connectivity index (χ4n) is 1.57. The van der Waals surface area contributed by atoms with Crippen LogP contribution in [0.15, 0.2) is 10.9 Å². The third kappa shape index (κ3) is 3.58. The van der Waals surface area contributed by atoms with E-state index in [1.54, 1.807) is 21.0 Å². The number of amides is 1. The van der Waals surface area contributed by atoms with E-state index in [4.69, 9.17) is 4.74 Å². The summed E-state index contributed by atoms with van der Waals surface area (Å²) in [6, 6.07) is 1.74. The quantitative estimate of drug-likeness (QED) is 0.763. The molecule has 0 fully saturated rings. The zero-order chi connectivity index (χ0) is 13.7. The van der Waals surface area contributed by atoms with Crippen molar-refractivity contribution in [2.45, 2.75) is 26.3 Å². The van der Waals surface area contributed by atoms with Crippen LogP contribution in [0, 0.1) is 6.92 Å². The maximum Gasteiger partial charge on any atom is 0.299 e. The van der Waals surface area contributed by atoms with Crippen LogP contribution in [0.25, 0.3) is 0 Å². The number of hydrogen-bond acceptors (Lipinski definition) is 4. The van der Waals surface area contributed by atoms with Crippen LogP contribution in [0.1, 0.15) is 18.5 Å². The molecule has 0 aromatic carbocycles. The van der Waals surface area contributed by atoms with Crippen LogP contribution >= 0.6 is 0 Å². The van der Waals surface area contributed by atoms with Crippen molar-refractivity contribution in [3.63, 3.8) is 0 Å². The van der Waals surface area contributed by atoms with Gasteiger partial charge < -0.3 is 9.64 Å². The molecule has 0 aliphatic carbocycles. The van der Waals surface area contributed by atoms with Crippen molar-refractivity contribution in [1.82, 2.24) is 14.5 Å². The highest BCUT2D eigenvalue weighted by atomic mass is 16.5. The first-order valence-corrected chi connectivity index (χ1v) is 5.78. The Morgan fingerprint density at radius 1 is 1.50 bits per heavy atom. The summed E-state index contributed by atoms with van der Waals surface area (Å²) in [5, 5.41) is 0. The molecule has 1 amide bonds. The largest absolute Gasteiger partial charge is 0.468 e. The van der Waals surface area contributed by atoms with Crippen molar-refractivity contribution in [2.75, 3.05) is 21.2 Å². The number of rotatable bonds is 5. The molecule has 1 rings (SSSR count). The van der Waals surface area contributed by atoms with Gasteiger partial charge in [-0.25, -0.2) is 4.98 Å². The fourth-order valence-corrected chi connectivity index (χ4v) is 1.57. The third-order valence-electron chi connectivity index (χ3n) is 2.56. The Morgan fingerprint density at radius 2 is 2.17 bits per heavy atom. The Hall–Kier alpha value is -1.85. The van der Waals surface area contributed by atoms with Crippen LogP contribution < -0.4 is 10.3 Å². The predicted octanol–water partition coefficient (Wildman–Crippen LogP) is 0.429. The zero-order valence-electron chi connectivity index (χ0n) is 11.3. The standard InChI is InChI=1S/C12H19N3O3/c1-9-8-11(17)15(12(13-9)18-4)7-5-6-10(16)14(2)3/h8H,5-7H2,1-4H3. The second kappa shape index (κ2) is 6.18. The SMILES string of the molecule is COc1nc(C)cc(=O)n1CCCC(=O)N(C)C. The Bertz CT molecular complexity index is 480. The van der Waals surface area contributed by atoms with Crippen LogP contribution in [0.4, 0.5) is 0 Å². The minimum absolute atomic E-state index is 0.0436. The summed E-state index contributed by atoms with van der Waals surface area (Å²) in [5.41, 5.74) is 0.467. The monoisotopic (exact) mass is 253 g/mol. The average molecular weight is 253 g/mol. The van der Waals surface area contributed by atoms with Gasteiger partial charge in [-0.2, -0.15) is 0 Å². The second-order valence-electron chi connectivity index (χ2n) is 4.27. The number of methoxy groups -OCH3 is 1. The summed E-state index contributed by atoms with van der Waals surface area (Å²) >= 11 is 0. The van der Waals surface area contributed by atoms with Crippen molar-refractivity contribution >= 4 is 5.91 Å². The first kappa shape index (κ1) is 14.2. The Labute approximate surface area is 106 Å².